The molecule has 1 heterocycles. The van der Waals surface area contributed by atoms with E-state index in [0.717, 1.165) is 32.3 Å². The molecule has 0 saturated carbocycles. The van der Waals surface area contributed by atoms with E-state index >= 15 is 0 Å². The van der Waals surface area contributed by atoms with Crippen molar-refractivity contribution in [2.45, 2.75) is 44.6 Å². The summed E-state index contributed by atoms with van der Waals surface area (Å²) < 4.78 is 5.54. The fraction of sp³-hybridized carbons (Fsp3) is 0.727. The molecule has 13 heavy (non-hydrogen) atoms. The lowest BCUT2D eigenvalue weighted by Crippen LogP contribution is -2.41. The molecule has 0 radical (unpaired) electrons. The lowest BCUT2D eigenvalue weighted by Gasteiger charge is -2.32. The molecule has 1 aliphatic rings. The second-order valence-corrected chi connectivity index (χ2v) is 3.79. The van der Waals surface area contributed by atoms with Crippen LogP contribution in [0.1, 0.15) is 39.0 Å². The van der Waals surface area contributed by atoms with Crippen LogP contribution in [0.4, 0.5) is 0 Å². The maximum Gasteiger partial charge on any atom is 0.164 e. The monoisotopic (exact) mass is 182 g/mol. The zero-order valence-corrected chi connectivity index (χ0v) is 8.34. The van der Waals surface area contributed by atoms with Crippen LogP contribution in [0.2, 0.25) is 0 Å². The Labute approximate surface area is 80.0 Å². The number of rotatable bonds is 4. The van der Waals surface area contributed by atoms with Crippen molar-refractivity contribution in [2.24, 2.45) is 0 Å². The van der Waals surface area contributed by atoms with E-state index in [2.05, 4.69) is 6.58 Å². The summed E-state index contributed by atoms with van der Waals surface area (Å²) in [4.78, 5) is 11.7. The van der Waals surface area contributed by atoms with E-state index in [4.69, 9.17) is 4.74 Å². The van der Waals surface area contributed by atoms with Gasteiger partial charge in [0.2, 0.25) is 0 Å². The van der Waals surface area contributed by atoms with E-state index in [1.807, 2.05) is 6.92 Å². The van der Waals surface area contributed by atoms with Gasteiger partial charge in [-0.15, -0.1) is 6.58 Å². The second kappa shape index (κ2) is 4.56. The molecular weight excluding hydrogens is 164 g/mol. The maximum atomic E-state index is 11.7. The molecule has 0 aromatic rings. The SMILES string of the molecule is C=CCCC(=O)[C@@]1(C)CCCCO1. The van der Waals surface area contributed by atoms with Crippen molar-refractivity contribution in [3.8, 4) is 0 Å². The van der Waals surface area contributed by atoms with Gasteiger partial charge < -0.3 is 4.74 Å². The summed E-state index contributed by atoms with van der Waals surface area (Å²) in [7, 11) is 0. The maximum absolute atomic E-state index is 11.7. The first-order valence-corrected chi connectivity index (χ1v) is 4.97. The van der Waals surface area contributed by atoms with E-state index in [9.17, 15) is 4.79 Å². The van der Waals surface area contributed by atoms with Gasteiger partial charge in [-0.25, -0.2) is 0 Å². The fourth-order valence-electron chi connectivity index (χ4n) is 1.65. The summed E-state index contributed by atoms with van der Waals surface area (Å²) in [5.41, 5.74) is -0.499. The average Bonchev–Trinajstić information content (AvgIpc) is 2.15. The highest BCUT2D eigenvalue weighted by Gasteiger charge is 2.34. The van der Waals surface area contributed by atoms with Gasteiger partial charge in [0.1, 0.15) is 5.60 Å². The summed E-state index contributed by atoms with van der Waals surface area (Å²) in [6, 6.07) is 0. The molecule has 0 N–H and O–H groups in total. The molecule has 0 bridgehead atoms. The third-order valence-electron chi connectivity index (χ3n) is 2.63. The molecule has 1 atom stereocenters. The highest BCUT2D eigenvalue weighted by Crippen LogP contribution is 2.26. The van der Waals surface area contributed by atoms with Crippen LogP contribution >= 0.6 is 0 Å². The predicted molar refractivity (Wildman–Crippen MR) is 52.6 cm³/mol. The third kappa shape index (κ3) is 2.66. The number of Topliss-reactive ketones (excluding diaryl/α,β-unsaturated/α-hetero) is 1. The minimum Gasteiger partial charge on any atom is -0.368 e. The van der Waals surface area contributed by atoms with Gasteiger partial charge in [-0.3, -0.25) is 4.79 Å². The number of allylic oxidation sites excluding steroid dienone is 1. The smallest absolute Gasteiger partial charge is 0.164 e. The van der Waals surface area contributed by atoms with Gasteiger partial charge in [0.25, 0.3) is 0 Å². The standard InChI is InChI=1S/C11H18O2/c1-3-4-7-10(12)11(2)8-5-6-9-13-11/h3H,1,4-9H2,2H3/t11-/m1/s1. The summed E-state index contributed by atoms with van der Waals surface area (Å²) >= 11 is 0. The van der Waals surface area contributed by atoms with Gasteiger partial charge in [-0.2, -0.15) is 0 Å². The van der Waals surface area contributed by atoms with Crippen molar-refractivity contribution in [2.75, 3.05) is 6.61 Å². The van der Waals surface area contributed by atoms with Gasteiger partial charge in [-0.05, 0) is 32.6 Å². The van der Waals surface area contributed by atoms with Crippen LogP contribution in [0.5, 0.6) is 0 Å². The summed E-state index contributed by atoms with van der Waals surface area (Å²) in [5, 5.41) is 0. The van der Waals surface area contributed by atoms with Crippen molar-refractivity contribution >= 4 is 5.78 Å². The number of hydrogen-bond acceptors (Lipinski definition) is 2. The Balaban J connectivity index is 2.46. The summed E-state index contributed by atoms with van der Waals surface area (Å²) in [5.74, 6) is 0.229. The molecule has 0 spiro atoms. The Kier molecular flexibility index (Phi) is 3.67. The van der Waals surface area contributed by atoms with E-state index in [0.29, 0.717) is 6.42 Å². The molecule has 0 amide bonds. The Hall–Kier alpha value is -0.630. The molecule has 0 aliphatic carbocycles. The molecule has 1 saturated heterocycles. The van der Waals surface area contributed by atoms with Crippen LogP contribution in [-0.4, -0.2) is 18.0 Å². The normalized spacial score (nSPS) is 28.4. The lowest BCUT2D eigenvalue weighted by atomic mass is 9.89. The number of ether oxygens (including phenoxy) is 1. The molecule has 74 valence electrons. The summed E-state index contributed by atoms with van der Waals surface area (Å²) in [6.07, 6.45) is 6.19. The van der Waals surface area contributed by atoms with Gasteiger partial charge >= 0.3 is 0 Å². The number of carbonyl (C=O) groups is 1. The lowest BCUT2D eigenvalue weighted by molar-refractivity contribution is -0.147. The Bertz CT molecular complexity index is 190. The van der Waals surface area contributed by atoms with Crippen molar-refractivity contribution in [1.82, 2.24) is 0 Å². The topological polar surface area (TPSA) is 26.3 Å². The van der Waals surface area contributed by atoms with Gasteiger partial charge in [-0.1, -0.05) is 6.08 Å². The van der Waals surface area contributed by atoms with Gasteiger partial charge in [0.05, 0.1) is 0 Å². The van der Waals surface area contributed by atoms with Gasteiger partial charge in [0, 0.05) is 13.0 Å². The number of ketones is 1. The van der Waals surface area contributed by atoms with Crippen molar-refractivity contribution in [1.29, 1.82) is 0 Å². The minimum absolute atomic E-state index is 0.229. The number of carbonyl (C=O) groups excluding carboxylic acids is 1. The van der Waals surface area contributed by atoms with Crippen molar-refractivity contribution in [3.63, 3.8) is 0 Å². The molecule has 1 fully saturated rings. The Morgan fingerprint density at radius 3 is 2.92 bits per heavy atom. The molecule has 2 nitrogen and oxygen atoms in total. The Morgan fingerprint density at radius 2 is 2.38 bits per heavy atom. The first-order valence-electron chi connectivity index (χ1n) is 4.97. The van der Waals surface area contributed by atoms with Crippen molar-refractivity contribution in [3.05, 3.63) is 12.7 Å². The molecule has 1 aliphatic heterocycles. The predicted octanol–water partition coefficient (Wildman–Crippen LogP) is 2.48. The molecule has 0 aromatic heterocycles. The van der Waals surface area contributed by atoms with Crippen LogP contribution in [-0.2, 0) is 9.53 Å². The highest BCUT2D eigenvalue weighted by molar-refractivity contribution is 5.87. The van der Waals surface area contributed by atoms with Crippen molar-refractivity contribution < 1.29 is 9.53 Å². The molecule has 1 rings (SSSR count). The van der Waals surface area contributed by atoms with E-state index in [1.165, 1.54) is 0 Å². The van der Waals surface area contributed by atoms with E-state index in [-0.39, 0.29) is 5.78 Å². The van der Waals surface area contributed by atoms with Crippen LogP contribution < -0.4 is 0 Å². The first-order chi connectivity index (χ1) is 6.19. The summed E-state index contributed by atoms with van der Waals surface area (Å²) in [6.45, 7) is 6.25. The zero-order chi connectivity index (χ0) is 9.73. The molecule has 2 heteroatoms. The Morgan fingerprint density at radius 1 is 1.62 bits per heavy atom. The highest BCUT2D eigenvalue weighted by atomic mass is 16.5. The molecule has 0 aromatic carbocycles. The van der Waals surface area contributed by atoms with Crippen LogP contribution in [0.3, 0.4) is 0 Å². The zero-order valence-electron chi connectivity index (χ0n) is 8.34. The second-order valence-electron chi connectivity index (χ2n) is 3.79. The van der Waals surface area contributed by atoms with E-state index < -0.39 is 5.60 Å². The molecule has 0 unspecified atom stereocenters. The fourth-order valence-corrected chi connectivity index (χ4v) is 1.65. The third-order valence-corrected chi connectivity index (χ3v) is 2.63. The minimum atomic E-state index is -0.499. The quantitative estimate of drug-likeness (QED) is 0.624. The average molecular weight is 182 g/mol. The number of hydrogen-bond donors (Lipinski definition) is 0. The van der Waals surface area contributed by atoms with Crippen LogP contribution in [0, 0.1) is 0 Å². The largest absolute Gasteiger partial charge is 0.368 e. The van der Waals surface area contributed by atoms with Crippen LogP contribution in [0.25, 0.3) is 0 Å². The van der Waals surface area contributed by atoms with Crippen LogP contribution in [0.15, 0.2) is 12.7 Å². The molecular formula is C11H18O2. The van der Waals surface area contributed by atoms with Gasteiger partial charge in [0.15, 0.2) is 5.78 Å². The first kappa shape index (κ1) is 10.5. The van der Waals surface area contributed by atoms with E-state index in [1.54, 1.807) is 6.08 Å².